The third-order valence-corrected chi connectivity index (χ3v) is 5.66. The molecule has 0 aliphatic carbocycles. The largest absolute Gasteiger partial charge is 0.350 e. The van der Waals surface area contributed by atoms with Gasteiger partial charge in [-0.25, -0.2) is 14.1 Å². The fourth-order valence-corrected chi connectivity index (χ4v) is 3.92. The molecule has 0 bridgehead atoms. The number of amides is 2. The summed E-state index contributed by atoms with van der Waals surface area (Å²) in [5, 5.41) is 9.45. The summed E-state index contributed by atoms with van der Waals surface area (Å²) in [6.45, 7) is 0.406. The van der Waals surface area contributed by atoms with Crippen molar-refractivity contribution >= 4 is 35.2 Å². The van der Waals surface area contributed by atoms with Gasteiger partial charge in [0.2, 0.25) is 11.9 Å². The van der Waals surface area contributed by atoms with Crippen LogP contribution < -0.4 is 10.6 Å². The van der Waals surface area contributed by atoms with Crippen LogP contribution >= 0.6 is 11.3 Å². The first kappa shape index (κ1) is 22.1. The molecule has 33 heavy (non-hydrogen) atoms. The van der Waals surface area contributed by atoms with E-state index >= 15 is 0 Å². The van der Waals surface area contributed by atoms with Crippen LogP contribution in [0.3, 0.4) is 0 Å². The smallest absolute Gasteiger partial charge is 0.250 e. The Morgan fingerprint density at radius 3 is 2.64 bits per heavy atom. The van der Waals surface area contributed by atoms with Gasteiger partial charge in [0.1, 0.15) is 18.7 Å². The van der Waals surface area contributed by atoms with Crippen molar-refractivity contribution in [3.05, 3.63) is 95.4 Å². The molecule has 166 valence electrons. The van der Waals surface area contributed by atoms with Gasteiger partial charge in [-0.3, -0.25) is 14.9 Å². The molecule has 0 spiro atoms. The molecular formula is C24H20FN5O2S. The van der Waals surface area contributed by atoms with Crippen LogP contribution in [-0.4, -0.2) is 26.6 Å². The van der Waals surface area contributed by atoms with Crippen molar-refractivity contribution in [3.8, 4) is 10.4 Å². The number of anilines is 1. The average Bonchev–Trinajstić information content (AvgIpc) is 3.47. The van der Waals surface area contributed by atoms with Crippen molar-refractivity contribution < 1.29 is 14.0 Å². The van der Waals surface area contributed by atoms with Gasteiger partial charge in [0.25, 0.3) is 5.91 Å². The maximum Gasteiger partial charge on any atom is 0.250 e. The first-order valence-corrected chi connectivity index (χ1v) is 10.9. The number of hydrogen-bond acceptors (Lipinski definition) is 5. The fourth-order valence-electron chi connectivity index (χ4n) is 2.99. The number of benzene rings is 2. The molecule has 2 aromatic heterocycles. The standard InChI is InChI=1S/C24H20FN5O2S/c25-20-9-5-4-8-19(20)21-12-10-18(33-21)11-13-22(31)28-24-27-16-30(29-24)15-23(32)26-14-17-6-2-1-3-7-17/h1-13,16H,14-15H2,(H,26,32)(H,28,29,31)/b13-11+. The van der Waals surface area contributed by atoms with Gasteiger partial charge >= 0.3 is 0 Å². The Hall–Kier alpha value is -4.11. The first-order chi connectivity index (χ1) is 16.1. The molecule has 2 N–H and O–H groups in total. The molecule has 0 aliphatic heterocycles. The Kier molecular flexibility index (Phi) is 7.01. The number of rotatable bonds is 8. The van der Waals surface area contributed by atoms with E-state index in [2.05, 4.69) is 20.7 Å². The van der Waals surface area contributed by atoms with Crippen molar-refractivity contribution in [3.63, 3.8) is 0 Å². The van der Waals surface area contributed by atoms with E-state index in [1.54, 1.807) is 24.3 Å². The molecule has 0 saturated carbocycles. The lowest BCUT2D eigenvalue weighted by Gasteiger charge is -2.04. The molecule has 0 fully saturated rings. The van der Waals surface area contributed by atoms with Crippen LogP contribution in [-0.2, 0) is 22.7 Å². The lowest BCUT2D eigenvalue weighted by molar-refractivity contribution is -0.122. The Morgan fingerprint density at radius 1 is 1.03 bits per heavy atom. The highest BCUT2D eigenvalue weighted by molar-refractivity contribution is 7.16. The monoisotopic (exact) mass is 461 g/mol. The summed E-state index contributed by atoms with van der Waals surface area (Å²) >= 11 is 1.38. The highest BCUT2D eigenvalue weighted by Crippen LogP contribution is 2.30. The van der Waals surface area contributed by atoms with Crippen LogP contribution in [0.15, 0.2) is 79.1 Å². The van der Waals surface area contributed by atoms with Gasteiger partial charge in [0.15, 0.2) is 0 Å². The van der Waals surface area contributed by atoms with E-state index in [0.717, 1.165) is 15.3 Å². The summed E-state index contributed by atoms with van der Waals surface area (Å²) in [4.78, 5) is 29.8. The average molecular weight is 462 g/mol. The SMILES string of the molecule is O=C(/C=C/c1ccc(-c2ccccc2F)s1)Nc1ncn(CC(=O)NCc2ccccc2)n1. The zero-order valence-corrected chi connectivity index (χ0v) is 18.3. The lowest BCUT2D eigenvalue weighted by atomic mass is 10.2. The Morgan fingerprint density at radius 2 is 1.82 bits per heavy atom. The van der Waals surface area contributed by atoms with Gasteiger partial charge in [-0.05, 0) is 29.8 Å². The molecule has 9 heteroatoms. The van der Waals surface area contributed by atoms with Gasteiger partial charge in [-0.2, -0.15) is 0 Å². The highest BCUT2D eigenvalue weighted by Gasteiger charge is 2.09. The minimum atomic E-state index is -0.415. The normalized spacial score (nSPS) is 10.9. The fraction of sp³-hybridized carbons (Fsp3) is 0.0833. The maximum atomic E-state index is 13.9. The first-order valence-electron chi connectivity index (χ1n) is 10.1. The molecule has 0 aliphatic rings. The van der Waals surface area contributed by atoms with Crippen molar-refractivity contribution in [2.24, 2.45) is 0 Å². The molecule has 7 nitrogen and oxygen atoms in total. The summed E-state index contributed by atoms with van der Waals surface area (Å²) < 4.78 is 15.3. The van der Waals surface area contributed by atoms with Crippen LogP contribution in [0.1, 0.15) is 10.4 Å². The second-order valence-electron chi connectivity index (χ2n) is 7.03. The van der Waals surface area contributed by atoms with Gasteiger partial charge in [0.05, 0.1) is 0 Å². The second-order valence-corrected chi connectivity index (χ2v) is 8.15. The summed E-state index contributed by atoms with van der Waals surface area (Å²) in [7, 11) is 0. The van der Waals surface area contributed by atoms with Crippen molar-refractivity contribution in [1.82, 2.24) is 20.1 Å². The van der Waals surface area contributed by atoms with Crippen molar-refractivity contribution in [1.29, 1.82) is 0 Å². The van der Waals surface area contributed by atoms with Crippen LogP contribution in [0.25, 0.3) is 16.5 Å². The molecule has 2 heterocycles. The molecule has 0 radical (unpaired) electrons. The third-order valence-electron chi connectivity index (χ3n) is 4.57. The number of carbonyl (C=O) groups excluding carboxylic acids is 2. The van der Waals surface area contributed by atoms with E-state index in [4.69, 9.17) is 0 Å². The number of nitrogens with zero attached hydrogens (tertiary/aromatic N) is 3. The minimum absolute atomic E-state index is 0.0143. The predicted molar refractivity (Wildman–Crippen MR) is 126 cm³/mol. The Bertz CT molecular complexity index is 1280. The summed E-state index contributed by atoms with van der Waals surface area (Å²) in [6.07, 6.45) is 4.37. The van der Waals surface area contributed by atoms with Gasteiger partial charge in [0, 0.05) is 27.9 Å². The van der Waals surface area contributed by atoms with Crippen LogP contribution in [0.2, 0.25) is 0 Å². The van der Waals surface area contributed by atoms with Crippen molar-refractivity contribution in [2.75, 3.05) is 5.32 Å². The quantitative estimate of drug-likeness (QED) is 0.387. The zero-order chi connectivity index (χ0) is 23.0. The molecule has 4 aromatic rings. The second kappa shape index (κ2) is 10.5. The molecular weight excluding hydrogens is 441 g/mol. The van der Waals surface area contributed by atoms with Gasteiger partial charge < -0.3 is 5.32 Å². The summed E-state index contributed by atoms with van der Waals surface area (Å²) in [6, 6.07) is 19.7. The number of hydrogen-bond donors (Lipinski definition) is 2. The maximum absolute atomic E-state index is 13.9. The molecule has 0 saturated heterocycles. The van der Waals surface area contributed by atoms with Crippen LogP contribution in [0, 0.1) is 5.82 Å². The van der Waals surface area contributed by atoms with E-state index in [-0.39, 0.29) is 24.2 Å². The van der Waals surface area contributed by atoms with Gasteiger partial charge in [-0.1, -0.05) is 48.5 Å². The van der Waals surface area contributed by atoms with Crippen molar-refractivity contribution in [2.45, 2.75) is 13.1 Å². The number of thiophene rings is 1. The van der Waals surface area contributed by atoms with E-state index in [1.807, 2.05) is 42.5 Å². The number of carbonyl (C=O) groups is 2. The third kappa shape index (κ3) is 6.20. The summed E-state index contributed by atoms with van der Waals surface area (Å²) in [5.74, 6) is -0.825. The van der Waals surface area contributed by atoms with E-state index in [9.17, 15) is 14.0 Å². The highest BCUT2D eigenvalue weighted by atomic mass is 32.1. The zero-order valence-electron chi connectivity index (χ0n) is 17.4. The molecule has 4 rings (SSSR count). The molecule has 0 unspecified atom stereocenters. The van der Waals surface area contributed by atoms with Crippen LogP contribution in [0.5, 0.6) is 0 Å². The molecule has 2 amide bonds. The van der Waals surface area contributed by atoms with E-state index < -0.39 is 5.91 Å². The van der Waals surface area contributed by atoms with E-state index in [0.29, 0.717) is 12.1 Å². The molecule has 0 atom stereocenters. The Balaban J connectivity index is 1.28. The summed E-state index contributed by atoms with van der Waals surface area (Å²) in [5.41, 5.74) is 1.52. The van der Waals surface area contributed by atoms with Gasteiger partial charge in [-0.15, -0.1) is 16.4 Å². The number of nitrogens with one attached hydrogen (secondary N) is 2. The Labute approximate surface area is 193 Å². The van der Waals surface area contributed by atoms with E-state index in [1.165, 1.54) is 34.5 Å². The number of halogens is 1. The minimum Gasteiger partial charge on any atom is -0.350 e. The lowest BCUT2D eigenvalue weighted by Crippen LogP contribution is -2.27. The molecule has 2 aromatic carbocycles. The topological polar surface area (TPSA) is 88.9 Å². The number of aromatic nitrogens is 3. The van der Waals surface area contributed by atoms with Crippen LogP contribution in [0.4, 0.5) is 10.3 Å². The predicted octanol–water partition coefficient (Wildman–Crippen LogP) is 4.11.